The minimum Gasteiger partial charge on any atom is -0.412 e. The van der Waals surface area contributed by atoms with E-state index in [0.29, 0.717) is 0 Å². The van der Waals surface area contributed by atoms with Gasteiger partial charge in [0.25, 0.3) is 0 Å². The summed E-state index contributed by atoms with van der Waals surface area (Å²) in [7, 11) is -4.64. The fraction of sp³-hybridized carbons (Fsp3) is 0. The van der Waals surface area contributed by atoms with Gasteiger partial charge in [0, 0.05) is 17.1 Å². The van der Waals surface area contributed by atoms with E-state index in [0.717, 1.165) is 0 Å². The normalized spacial score (nSPS) is 6.56. The molecule has 0 bridgehead atoms. The van der Waals surface area contributed by atoms with Gasteiger partial charge in [0.1, 0.15) is 0 Å². The molecule has 0 unspecified atom stereocenters. The maximum Gasteiger partial charge on any atom is 0.466 e. The summed E-state index contributed by atoms with van der Waals surface area (Å²) in [5.74, 6) is 0. The Labute approximate surface area is 62.0 Å². The molecule has 0 heterocycles. The zero-order valence-corrected chi connectivity index (χ0v) is 6.26. The van der Waals surface area contributed by atoms with Crippen molar-refractivity contribution in [2.24, 2.45) is 0 Å². The van der Waals surface area contributed by atoms with Crippen LogP contribution in [-0.4, -0.2) is 25.6 Å². The molecule has 0 saturated carbocycles. The molecule has 0 amide bonds. The third-order valence-electron chi connectivity index (χ3n) is 0. The topological polar surface area (TPSA) is 176 Å². The van der Waals surface area contributed by atoms with Crippen molar-refractivity contribution in [2.45, 2.75) is 0 Å². The second kappa shape index (κ2) is 11.3. The van der Waals surface area contributed by atoms with Gasteiger partial charge in [0.15, 0.2) is 0 Å². The molecule has 9 heteroatoms. The number of rotatable bonds is 0. The third-order valence-corrected chi connectivity index (χ3v) is 0. The molecule has 0 aliphatic rings. The summed E-state index contributed by atoms with van der Waals surface area (Å²) in [4.78, 5) is 21.6. The number of phosphoric acid groups is 1. The van der Waals surface area contributed by atoms with E-state index in [-0.39, 0.29) is 34.2 Å². The molecule has 0 aromatic rings. The fourth-order valence-electron chi connectivity index (χ4n) is 0. The smallest absolute Gasteiger partial charge is 0.412 e. The zero-order chi connectivity index (χ0) is 4.50. The molecule has 0 saturated heterocycles. The van der Waals surface area contributed by atoms with Crippen LogP contribution in [0.15, 0.2) is 0 Å². The Morgan fingerprint density at radius 2 is 1.00 bits per heavy atom. The van der Waals surface area contributed by atoms with Crippen LogP contribution < -0.4 is 6.15 Å². The number of hydrogen-bond acceptors (Lipinski definition) is 2. The molecule has 0 atom stereocenters. The first-order valence-corrected chi connectivity index (χ1v) is 2.35. The minimum atomic E-state index is -4.64. The predicted octanol–water partition coefficient (Wildman–Crippen LogP) is -2.42. The molecule has 0 fully saturated rings. The van der Waals surface area contributed by atoms with E-state index in [1.165, 1.54) is 0 Å². The van der Waals surface area contributed by atoms with Gasteiger partial charge >= 0.3 is 7.82 Å². The van der Waals surface area contributed by atoms with Crippen LogP contribution in [-0.2, 0) is 21.6 Å². The first-order chi connectivity index (χ1) is 2.00. The standard InChI is InChI=1S/Fe.H3N.H3O4P.2H2O/c;;1-5(2,3)4;;/h;1H3;(H3,1,2,3,4);2*1H2. The van der Waals surface area contributed by atoms with Crippen LogP contribution in [0.2, 0.25) is 0 Å². The molecule has 9 heavy (non-hydrogen) atoms. The Kier molecular flexibility index (Phi) is 42.6. The Morgan fingerprint density at radius 3 is 1.00 bits per heavy atom. The average molecular weight is 207 g/mol. The van der Waals surface area contributed by atoms with E-state index in [9.17, 15) is 0 Å². The summed E-state index contributed by atoms with van der Waals surface area (Å²) >= 11 is 0. The van der Waals surface area contributed by atoms with Crippen LogP contribution in [0.25, 0.3) is 0 Å². The van der Waals surface area contributed by atoms with Gasteiger partial charge in [-0.15, -0.1) is 0 Å². The van der Waals surface area contributed by atoms with E-state index >= 15 is 0 Å². The van der Waals surface area contributed by atoms with E-state index in [1.807, 2.05) is 0 Å². The van der Waals surface area contributed by atoms with Crippen molar-refractivity contribution < 1.29 is 47.3 Å². The fourth-order valence-corrected chi connectivity index (χ4v) is 0. The summed E-state index contributed by atoms with van der Waals surface area (Å²) in [5.41, 5.74) is 0. The van der Waals surface area contributed by atoms with Crippen molar-refractivity contribution in [1.29, 1.82) is 0 Å². The molecule has 0 aromatic heterocycles. The molecular weight excluding hydrogens is 197 g/mol. The first-order valence-electron chi connectivity index (χ1n) is 0.783. The molecule has 0 rings (SSSR count). The van der Waals surface area contributed by atoms with Crippen molar-refractivity contribution in [3.05, 3.63) is 0 Å². The van der Waals surface area contributed by atoms with E-state index in [1.54, 1.807) is 0 Å². The molecule has 0 aliphatic heterocycles. The molecular formula is H10FeNO6P. The van der Waals surface area contributed by atoms with Gasteiger partial charge in [-0.1, -0.05) is 0 Å². The van der Waals surface area contributed by atoms with Crippen LogP contribution in [0, 0.1) is 0 Å². The summed E-state index contributed by atoms with van der Waals surface area (Å²) in [6.45, 7) is 0. The van der Waals surface area contributed by atoms with E-state index in [4.69, 9.17) is 19.2 Å². The second-order valence-electron chi connectivity index (χ2n) is 0.513. The maximum atomic E-state index is 8.88. The molecule has 0 radical (unpaired) electrons. The second-order valence-corrected chi connectivity index (χ2v) is 1.54. The average Bonchev–Trinajstić information content (AvgIpc) is 0.722. The molecule has 10 N–H and O–H groups in total. The molecule has 0 aromatic carbocycles. The van der Waals surface area contributed by atoms with Crippen LogP contribution in [0.4, 0.5) is 0 Å². The Hall–Kier alpha value is 0.509. The first kappa shape index (κ1) is 33.9. The maximum absolute atomic E-state index is 8.88. The molecule has 0 aliphatic carbocycles. The van der Waals surface area contributed by atoms with Gasteiger partial charge in [-0.3, -0.25) is 0 Å². The summed E-state index contributed by atoms with van der Waals surface area (Å²) in [6.07, 6.45) is 0. The van der Waals surface area contributed by atoms with Crippen molar-refractivity contribution >= 4 is 7.82 Å². The molecule has 0 spiro atoms. The van der Waals surface area contributed by atoms with Crippen LogP contribution in [0.3, 0.4) is 0 Å². The third kappa shape index (κ3) is 1390. The molecule has 7 nitrogen and oxygen atoms in total. The SMILES string of the molecule is N.O.O.O=P(O)(O)O.[Fe]. The van der Waals surface area contributed by atoms with Crippen molar-refractivity contribution in [3.8, 4) is 0 Å². The van der Waals surface area contributed by atoms with Crippen LogP contribution >= 0.6 is 7.82 Å². The molecule has 64 valence electrons. The zero-order valence-electron chi connectivity index (χ0n) is 4.26. The van der Waals surface area contributed by atoms with Gasteiger partial charge in [-0.05, 0) is 0 Å². The van der Waals surface area contributed by atoms with Crippen molar-refractivity contribution in [1.82, 2.24) is 6.15 Å². The number of hydrogen-bond donors (Lipinski definition) is 4. The van der Waals surface area contributed by atoms with E-state index in [2.05, 4.69) is 0 Å². The van der Waals surface area contributed by atoms with E-state index < -0.39 is 7.82 Å². The Bertz CT molecular complexity index is 59.2. The Balaban J connectivity index is -0.0000000133. The van der Waals surface area contributed by atoms with Crippen LogP contribution in [0.5, 0.6) is 0 Å². The van der Waals surface area contributed by atoms with Gasteiger partial charge < -0.3 is 31.8 Å². The van der Waals surface area contributed by atoms with Gasteiger partial charge in [0.05, 0.1) is 0 Å². The van der Waals surface area contributed by atoms with Crippen molar-refractivity contribution in [3.63, 3.8) is 0 Å². The largest absolute Gasteiger partial charge is 0.466 e. The summed E-state index contributed by atoms with van der Waals surface area (Å²) in [6, 6.07) is 0. The summed E-state index contributed by atoms with van der Waals surface area (Å²) < 4.78 is 8.88. The minimum absolute atomic E-state index is 0. The van der Waals surface area contributed by atoms with Crippen LogP contribution in [0.1, 0.15) is 0 Å². The quantitative estimate of drug-likeness (QED) is 0.254. The summed E-state index contributed by atoms with van der Waals surface area (Å²) in [5, 5.41) is 0. The van der Waals surface area contributed by atoms with Gasteiger partial charge in [-0.25, -0.2) is 4.57 Å². The van der Waals surface area contributed by atoms with Gasteiger partial charge in [-0.2, -0.15) is 0 Å². The van der Waals surface area contributed by atoms with Gasteiger partial charge in [0.2, 0.25) is 0 Å². The van der Waals surface area contributed by atoms with Crippen molar-refractivity contribution in [2.75, 3.05) is 0 Å². The predicted molar refractivity (Wildman–Crippen MR) is 26.5 cm³/mol. The Morgan fingerprint density at radius 1 is 1.00 bits per heavy atom. The monoisotopic (exact) mass is 207 g/mol.